The minimum atomic E-state index is -0.520. The van der Waals surface area contributed by atoms with E-state index in [4.69, 9.17) is 16.1 Å². The van der Waals surface area contributed by atoms with E-state index < -0.39 is 5.38 Å². The topological polar surface area (TPSA) is 48.0 Å². The van der Waals surface area contributed by atoms with Crippen molar-refractivity contribution in [3.63, 3.8) is 0 Å². The molecule has 2 atom stereocenters. The van der Waals surface area contributed by atoms with Crippen LogP contribution in [-0.4, -0.2) is 20.9 Å². The molecule has 2 aromatic rings. The van der Waals surface area contributed by atoms with E-state index in [-0.39, 0.29) is 11.8 Å². The predicted octanol–water partition coefficient (Wildman–Crippen LogP) is 4.13. The van der Waals surface area contributed by atoms with Gasteiger partial charge in [-0.05, 0) is 47.6 Å². The number of carbonyl (C=O) groups excluding carboxylic acids is 1. The van der Waals surface area contributed by atoms with Gasteiger partial charge in [0.2, 0.25) is 0 Å². The van der Waals surface area contributed by atoms with Crippen LogP contribution in [0, 0.1) is 27.7 Å². The average Bonchev–Trinajstić information content (AvgIpc) is 2.88. The second kappa shape index (κ2) is 5.68. The number of hydrogen-bond acceptors (Lipinski definition) is 3. The van der Waals surface area contributed by atoms with Gasteiger partial charge in [-0.25, -0.2) is 0 Å². The van der Waals surface area contributed by atoms with Crippen LogP contribution >= 0.6 is 11.6 Å². The molecule has 0 fully saturated rings. The van der Waals surface area contributed by atoms with Crippen LogP contribution in [0.15, 0.2) is 10.6 Å². The van der Waals surface area contributed by atoms with E-state index in [0.29, 0.717) is 5.56 Å². The third-order valence-corrected chi connectivity index (χ3v) is 4.20. The molecule has 114 valence electrons. The zero-order valence-corrected chi connectivity index (χ0v) is 14.1. The highest BCUT2D eigenvalue weighted by Crippen LogP contribution is 2.30. The molecule has 0 radical (unpaired) electrons. The van der Waals surface area contributed by atoms with Crippen molar-refractivity contribution in [2.45, 2.75) is 53.0 Å². The summed E-state index contributed by atoms with van der Waals surface area (Å²) in [6, 6.07) is 1.97. The number of carbonyl (C=O) groups is 1. The summed E-state index contributed by atoms with van der Waals surface area (Å²) in [7, 11) is 0. The molecular formula is C16H21ClN2O2. The molecule has 2 aromatic heterocycles. The largest absolute Gasteiger partial charge is 0.361 e. The fourth-order valence-corrected chi connectivity index (χ4v) is 3.17. The molecule has 0 aliphatic rings. The van der Waals surface area contributed by atoms with Crippen LogP contribution in [0.5, 0.6) is 0 Å². The number of rotatable bonds is 4. The van der Waals surface area contributed by atoms with Gasteiger partial charge in [0.25, 0.3) is 0 Å². The maximum atomic E-state index is 12.2. The van der Waals surface area contributed by atoms with E-state index in [1.54, 1.807) is 6.92 Å². The number of nitrogens with zero attached hydrogens (tertiary/aromatic N) is 2. The lowest BCUT2D eigenvalue weighted by Gasteiger charge is -2.18. The third-order valence-electron chi connectivity index (χ3n) is 4.00. The van der Waals surface area contributed by atoms with Crippen molar-refractivity contribution in [3.8, 4) is 0 Å². The van der Waals surface area contributed by atoms with Crippen molar-refractivity contribution in [3.05, 3.63) is 40.0 Å². The number of aryl methyl sites for hydroxylation is 3. The van der Waals surface area contributed by atoms with E-state index in [2.05, 4.69) is 16.6 Å². The van der Waals surface area contributed by atoms with E-state index in [0.717, 1.165) is 28.4 Å². The van der Waals surface area contributed by atoms with Gasteiger partial charge in [0.05, 0.1) is 17.1 Å². The molecule has 2 unspecified atom stereocenters. The Hall–Kier alpha value is -1.55. The van der Waals surface area contributed by atoms with Crippen molar-refractivity contribution in [1.29, 1.82) is 0 Å². The van der Waals surface area contributed by atoms with E-state index in [1.807, 2.05) is 33.8 Å². The predicted molar refractivity (Wildman–Crippen MR) is 83.3 cm³/mol. The zero-order valence-electron chi connectivity index (χ0n) is 13.3. The van der Waals surface area contributed by atoms with Gasteiger partial charge >= 0.3 is 0 Å². The lowest BCUT2D eigenvalue weighted by molar-refractivity contribution is 0.0991. The smallest absolute Gasteiger partial charge is 0.182 e. The number of ketones is 1. The van der Waals surface area contributed by atoms with Crippen LogP contribution in [0.1, 0.15) is 58.7 Å². The van der Waals surface area contributed by atoms with E-state index in [9.17, 15) is 4.79 Å². The Morgan fingerprint density at radius 1 is 1.29 bits per heavy atom. The standard InChI is InChI=1S/C16H21ClN2O2/c1-8-7-14(16(20)9(2)17)11(4)19(8)12(5)15-10(3)18-21-13(15)6/h7,9,12H,1-6H3. The Balaban J connectivity index is 2.53. The Labute approximate surface area is 130 Å². The van der Waals surface area contributed by atoms with Gasteiger partial charge in [-0.1, -0.05) is 5.16 Å². The summed E-state index contributed by atoms with van der Waals surface area (Å²) in [5.74, 6) is 0.771. The van der Waals surface area contributed by atoms with E-state index in [1.165, 1.54) is 0 Å². The summed E-state index contributed by atoms with van der Waals surface area (Å²) >= 11 is 5.94. The highest BCUT2D eigenvalue weighted by Gasteiger charge is 2.24. The number of alkyl halides is 1. The lowest BCUT2D eigenvalue weighted by Crippen LogP contribution is -2.15. The third kappa shape index (κ3) is 2.64. The number of halogens is 1. The lowest BCUT2D eigenvalue weighted by atomic mass is 10.1. The van der Waals surface area contributed by atoms with Gasteiger partial charge in [0.15, 0.2) is 5.78 Å². The summed E-state index contributed by atoms with van der Waals surface area (Å²) in [6.07, 6.45) is 0. The van der Waals surface area contributed by atoms with Crippen molar-refractivity contribution < 1.29 is 9.32 Å². The van der Waals surface area contributed by atoms with Crippen molar-refractivity contribution in [2.24, 2.45) is 0 Å². The molecule has 5 heteroatoms. The quantitative estimate of drug-likeness (QED) is 0.630. The van der Waals surface area contributed by atoms with Gasteiger partial charge < -0.3 is 9.09 Å². The van der Waals surface area contributed by atoms with Gasteiger partial charge in [0, 0.05) is 22.5 Å². The molecule has 4 nitrogen and oxygen atoms in total. The molecule has 21 heavy (non-hydrogen) atoms. The number of aromatic nitrogens is 2. The molecule has 0 amide bonds. The molecule has 0 bridgehead atoms. The van der Waals surface area contributed by atoms with Crippen LogP contribution < -0.4 is 0 Å². The monoisotopic (exact) mass is 308 g/mol. The molecule has 2 heterocycles. The minimum absolute atomic E-state index is 0.0398. The molecule has 0 aliphatic carbocycles. The maximum absolute atomic E-state index is 12.2. The molecule has 0 aromatic carbocycles. The summed E-state index contributed by atoms with van der Waals surface area (Å²) in [4.78, 5) is 12.2. The molecule has 0 saturated heterocycles. The molecule has 0 aliphatic heterocycles. The van der Waals surface area contributed by atoms with Crippen LogP contribution in [-0.2, 0) is 0 Å². The molecule has 2 rings (SSSR count). The van der Waals surface area contributed by atoms with Gasteiger partial charge in [-0.15, -0.1) is 11.6 Å². The fraction of sp³-hybridized carbons (Fsp3) is 0.500. The van der Waals surface area contributed by atoms with Crippen molar-refractivity contribution >= 4 is 17.4 Å². The highest BCUT2D eigenvalue weighted by atomic mass is 35.5. The molecule has 0 spiro atoms. The average molecular weight is 309 g/mol. The van der Waals surface area contributed by atoms with Crippen LogP contribution in [0.4, 0.5) is 0 Å². The van der Waals surface area contributed by atoms with Gasteiger partial charge in [0.1, 0.15) is 5.76 Å². The first-order valence-electron chi connectivity index (χ1n) is 7.05. The second-order valence-corrected chi connectivity index (χ2v) is 6.20. The first-order valence-corrected chi connectivity index (χ1v) is 7.48. The summed E-state index contributed by atoms with van der Waals surface area (Å²) in [6.45, 7) is 11.6. The van der Waals surface area contributed by atoms with Crippen molar-refractivity contribution in [1.82, 2.24) is 9.72 Å². The van der Waals surface area contributed by atoms with Crippen molar-refractivity contribution in [2.75, 3.05) is 0 Å². The first-order chi connectivity index (χ1) is 9.75. The SMILES string of the molecule is Cc1noc(C)c1C(C)n1c(C)cc(C(=O)C(C)Cl)c1C. The number of Topliss-reactive ketones (excluding diaryl/α,β-unsaturated/α-hetero) is 1. The Bertz CT molecular complexity index is 663. The summed E-state index contributed by atoms with van der Waals surface area (Å²) < 4.78 is 7.40. The zero-order chi connectivity index (χ0) is 15.9. The van der Waals surface area contributed by atoms with Gasteiger partial charge in [-0.3, -0.25) is 4.79 Å². The second-order valence-electron chi connectivity index (χ2n) is 5.55. The van der Waals surface area contributed by atoms with Crippen LogP contribution in [0.2, 0.25) is 0 Å². The van der Waals surface area contributed by atoms with Crippen LogP contribution in [0.25, 0.3) is 0 Å². The minimum Gasteiger partial charge on any atom is -0.361 e. The number of hydrogen-bond donors (Lipinski definition) is 0. The normalized spacial score (nSPS) is 14.2. The Morgan fingerprint density at radius 3 is 2.38 bits per heavy atom. The summed E-state index contributed by atoms with van der Waals surface area (Å²) in [5.41, 5.74) is 4.59. The highest BCUT2D eigenvalue weighted by molar-refractivity contribution is 6.33. The Kier molecular flexibility index (Phi) is 4.28. The fourth-order valence-electron chi connectivity index (χ4n) is 3.05. The first kappa shape index (κ1) is 15.8. The molecule has 0 saturated carbocycles. The summed E-state index contributed by atoms with van der Waals surface area (Å²) in [5, 5.41) is 3.50. The van der Waals surface area contributed by atoms with Gasteiger partial charge in [-0.2, -0.15) is 0 Å². The maximum Gasteiger partial charge on any atom is 0.182 e. The molecule has 0 N–H and O–H groups in total. The Morgan fingerprint density at radius 2 is 1.90 bits per heavy atom. The molecular weight excluding hydrogens is 288 g/mol. The van der Waals surface area contributed by atoms with Crippen LogP contribution in [0.3, 0.4) is 0 Å². The van der Waals surface area contributed by atoms with E-state index >= 15 is 0 Å².